The molecule has 0 bridgehead atoms. The molecule has 6 heteroatoms. The Hall–Kier alpha value is -2.76. The van der Waals surface area contributed by atoms with Crippen molar-refractivity contribution in [1.29, 1.82) is 0 Å². The Balaban J connectivity index is 1.83. The van der Waals surface area contributed by atoms with E-state index in [9.17, 15) is 9.59 Å². The third-order valence-electron chi connectivity index (χ3n) is 5.83. The second kappa shape index (κ2) is 14.0. The lowest BCUT2D eigenvalue weighted by atomic mass is 10.0. The molecule has 3 aromatic rings. The molecule has 0 aromatic heterocycles. The molecule has 0 spiro atoms. The van der Waals surface area contributed by atoms with Gasteiger partial charge in [0, 0.05) is 30.3 Å². The molecule has 0 saturated carbocycles. The molecule has 3 aromatic carbocycles. The highest BCUT2D eigenvalue weighted by Gasteiger charge is 2.30. The first kappa shape index (κ1) is 26.8. The molecule has 0 fully saturated rings. The number of amides is 2. The summed E-state index contributed by atoms with van der Waals surface area (Å²) in [7, 11) is 0. The molecule has 0 radical (unpaired) electrons. The van der Waals surface area contributed by atoms with Crippen LogP contribution in [0.3, 0.4) is 0 Å². The Morgan fingerprint density at radius 1 is 0.943 bits per heavy atom. The van der Waals surface area contributed by atoms with Crippen LogP contribution >= 0.6 is 23.4 Å². The van der Waals surface area contributed by atoms with Crippen LogP contribution in [0.5, 0.6) is 0 Å². The van der Waals surface area contributed by atoms with Crippen molar-refractivity contribution in [3.63, 3.8) is 0 Å². The number of carbonyl (C=O) groups excluding carboxylic acids is 2. The Morgan fingerprint density at radius 2 is 1.63 bits per heavy atom. The first-order valence-corrected chi connectivity index (χ1v) is 13.5. The fourth-order valence-corrected chi connectivity index (χ4v) is 4.92. The maximum atomic E-state index is 13.6. The zero-order valence-corrected chi connectivity index (χ0v) is 21.9. The summed E-state index contributed by atoms with van der Waals surface area (Å²) in [6.45, 7) is 5.02. The van der Waals surface area contributed by atoms with Crippen LogP contribution in [-0.4, -0.2) is 35.1 Å². The Bertz CT molecular complexity index is 1090. The van der Waals surface area contributed by atoms with E-state index in [-0.39, 0.29) is 11.8 Å². The molecule has 3 rings (SSSR count). The number of nitrogens with one attached hydrogen (secondary N) is 1. The van der Waals surface area contributed by atoms with Gasteiger partial charge >= 0.3 is 0 Å². The average Bonchev–Trinajstić information content (AvgIpc) is 2.87. The van der Waals surface area contributed by atoms with Crippen LogP contribution in [0.4, 0.5) is 0 Å². The van der Waals surface area contributed by atoms with Gasteiger partial charge in [0.25, 0.3) is 0 Å². The molecule has 0 aliphatic rings. The highest BCUT2D eigenvalue weighted by atomic mass is 35.5. The van der Waals surface area contributed by atoms with Crippen molar-refractivity contribution >= 4 is 35.2 Å². The first-order chi connectivity index (χ1) is 17.0. The van der Waals surface area contributed by atoms with Crippen LogP contribution in [0, 0.1) is 6.92 Å². The lowest BCUT2D eigenvalue weighted by Crippen LogP contribution is -2.51. The van der Waals surface area contributed by atoms with Crippen LogP contribution < -0.4 is 5.32 Å². The van der Waals surface area contributed by atoms with Crippen LogP contribution in [0.1, 0.15) is 35.6 Å². The first-order valence-electron chi connectivity index (χ1n) is 12.0. The van der Waals surface area contributed by atoms with Gasteiger partial charge in [-0.3, -0.25) is 9.59 Å². The lowest BCUT2D eigenvalue weighted by molar-refractivity contribution is -0.139. The molecule has 0 saturated heterocycles. The average molecular weight is 509 g/mol. The van der Waals surface area contributed by atoms with Gasteiger partial charge in [0.05, 0.1) is 5.75 Å². The monoisotopic (exact) mass is 508 g/mol. The van der Waals surface area contributed by atoms with Crippen LogP contribution in [0.15, 0.2) is 78.9 Å². The summed E-state index contributed by atoms with van der Waals surface area (Å²) < 4.78 is 0. The summed E-state index contributed by atoms with van der Waals surface area (Å²) in [4.78, 5) is 28.6. The summed E-state index contributed by atoms with van der Waals surface area (Å²) in [5.41, 5.74) is 4.39. The molecule has 0 aliphatic carbocycles. The lowest BCUT2D eigenvalue weighted by Gasteiger charge is -2.31. The second-order valence-corrected chi connectivity index (χ2v) is 9.99. The molecule has 35 heavy (non-hydrogen) atoms. The van der Waals surface area contributed by atoms with Gasteiger partial charge in [-0.2, -0.15) is 0 Å². The maximum Gasteiger partial charge on any atom is 0.243 e. The number of benzene rings is 3. The molecule has 1 N–H and O–H groups in total. The van der Waals surface area contributed by atoms with Gasteiger partial charge in [-0.05, 0) is 47.7 Å². The van der Waals surface area contributed by atoms with Crippen molar-refractivity contribution < 1.29 is 9.59 Å². The van der Waals surface area contributed by atoms with Crippen molar-refractivity contribution in [2.75, 3.05) is 12.3 Å². The van der Waals surface area contributed by atoms with E-state index in [0.29, 0.717) is 30.3 Å². The van der Waals surface area contributed by atoms with Gasteiger partial charge in [-0.25, -0.2) is 0 Å². The Kier molecular flexibility index (Phi) is 10.7. The van der Waals surface area contributed by atoms with Crippen LogP contribution in [-0.2, 0) is 28.3 Å². The molecule has 0 unspecified atom stereocenters. The molecular formula is C29H33ClN2O2S. The molecule has 1 atom stereocenters. The summed E-state index contributed by atoms with van der Waals surface area (Å²) in [6, 6.07) is 24.9. The summed E-state index contributed by atoms with van der Waals surface area (Å²) >= 11 is 7.66. The van der Waals surface area contributed by atoms with Gasteiger partial charge in [0.15, 0.2) is 0 Å². The summed E-state index contributed by atoms with van der Waals surface area (Å²) in [5, 5.41) is 3.65. The molecule has 2 amide bonds. The van der Waals surface area contributed by atoms with Gasteiger partial charge in [-0.1, -0.05) is 85.3 Å². The topological polar surface area (TPSA) is 49.4 Å². The van der Waals surface area contributed by atoms with Gasteiger partial charge in [-0.15, -0.1) is 11.8 Å². The molecule has 4 nitrogen and oxygen atoms in total. The third kappa shape index (κ3) is 8.44. The SMILES string of the molecule is CCCNC(=O)[C@H](Cc1ccccc1)N(Cc1ccc(Cl)cc1)C(=O)CSCc1ccccc1C. The predicted molar refractivity (Wildman–Crippen MR) is 147 cm³/mol. The zero-order valence-electron chi connectivity index (χ0n) is 20.4. The minimum Gasteiger partial charge on any atom is -0.354 e. The largest absolute Gasteiger partial charge is 0.354 e. The third-order valence-corrected chi connectivity index (χ3v) is 7.05. The maximum absolute atomic E-state index is 13.6. The number of rotatable bonds is 12. The summed E-state index contributed by atoms with van der Waals surface area (Å²) in [6.07, 6.45) is 1.29. The van der Waals surface area contributed by atoms with E-state index in [1.807, 2.05) is 73.7 Å². The van der Waals surface area contributed by atoms with Gasteiger partial charge in [0.1, 0.15) is 6.04 Å². The standard InChI is InChI=1S/C29H33ClN2O2S/c1-3-17-31-29(34)27(18-23-10-5-4-6-11-23)32(19-24-13-15-26(30)16-14-24)28(33)21-35-20-25-12-8-7-9-22(25)2/h4-16,27H,3,17-21H2,1-2H3,(H,31,34)/t27-/m0/s1. The van der Waals surface area contributed by atoms with E-state index in [0.717, 1.165) is 23.3 Å². The Labute approximate surface area is 218 Å². The normalized spacial score (nSPS) is 11.6. The highest BCUT2D eigenvalue weighted by Crippen LogP contribution is 2.20. The van der Waals surface area contributed by atoms with E-state index in [4.69, 9.17) is 11.6 Å². The van der Waals surface area contributed by atoms with Crippen LogP contribution in [0.25, 0.3) is 0 Å². The van der Waals surface area contributed by atoms with Gasteiger partial charge in [0.2, 0.25) is 11.8 Å². The number of nitrogens with zero attached hydrogens (tertiary/aromatic N) is 1. The summed E-state index contributed by atoms with van der Waals surface area (Å²) in [5.74, 6) is 0.875. The van der Waals surface area contributed by atoms with E-state index in [1.165, 1.54) is 11.1 Å². The number of aryl methyl sites for hydroxylation is 1. The molecule has 0 aliphatic heterocycles. The van der Waals surface area contributed by atoms with Crippen molar-refractivity contribution in [2.24, 2.45) is 0 Å². The second-order valence-electron chi connectivity index (χ2n) is 8.56. The zero-order chi connectivity index (χ0) is 25.0. The van der Waals surface area contributed by atoms with Crippen molar-refractivity contribution in [3.05, 3.63) is 106 Å². The fraction of sp³-hybridized carbons (Fsp3) is 0.310. The fourth-order valence-electron chi connectivity index (χ4n) is 3.81. The molecule has 184 valence electrons. The number of carbonyl (C=O) groups is 2. The quantitative estimate of drug-likeness (QED) is 0.324. The van der Waals surface area contributed by atoms with E-state index < -0.39 is 6.04 Å². The molecule has 0 heterocycles. The number of halogens is 1. The van der Waals surface area contributed by atoms with Crippen molar-refractivity contribution in [2.45, 2.75) is 45.0 Å². The molecular weight excluding hydrogens is 476 g/mol. The number of hydrogen-bond donors (Lipinski definition) is 1. The number of hydrogen-bond acceptors (Lipinski definition) is 3. The van der Waals surface area contributed by atoms with E-state index >= 15 is 0 Å². The predicted octanol–water partition coefficient (Wildman–Crippen LogP) is 6.05. The number of thioether (sulfide) groups is 1. The van der Waals surface area contributed by atoms with Gasteiger partial charge < -0.3 is 10.2 Å². The minimum atomic E-state index is -0.605. The Morgan fingerprint density at radius 3 is 2.31 bits per heavy atom. The highest BCUT2D eigenvalue weighted by molar-refractivity contribution is 7.99. The van der Waals surface area contributed by atoms with E-state index in [1.54, 1.807) is 16.7 Å². The van der Waals surface area contributed by atoms with Crippen molar-refractivity contribution in [1.82, 2.24) is 10.2 Å². The van der Waals surface area contributed by atoms with Crippen LogP contribution in [0.2, 0.25) is 5.02 Å². The minimum absolute atomic E-state index is 0.0499. The van der Waals surface area contributed by atoms with E-state index in [2.05, 4.69) is 24.4 Å². The smallest absolute Gasteiger partial charge is 0.243 e. The van der Waals surface area contributed by atoms with Crippen molar-refractivity contribution in [3.8, 4) is 0 Å².